The molecule has 136 valence electrons. The Morgan fingerprint density at radius 2 is 1.54 bits per heavy atom. The molecule has 0 aliphatic carbocycles. The zero-order valence-electron chi connectivity index (χ0n) is 15.0. The molecule has 2 N–H and O–H groups in total. The lowest BCUT2D eigenvalue weighted by Gasteiger charge is -2.16. The molecule has 0 aliphatic rings. The third kappa shape index (κ3) is 4.80. The van der Waals surface area contributed by atoms with Crippen LogP contribution in [0.1, 0.15) is 16.7 Å². The second kappa shape index (κ2) is 9.18. The Labute approximate surface area is 152 Å². The highest BCUT2D eigenvalue weighted by atomic mass is 16.5. The lowest BCUT2D eigenvalue weighted by atomic mass is 10.1. The molecule has 0 fully saturated rings. The molecule has 2 aromatic carbocycles. The lowest BCUT2D eigenvalue weighted by molar-refractivity contribution is 0.240. The van der Waals surface area contributed by atoms with Crippen molar-refractivity contribution < 1.29 is 19.0 Å². The number of urea groups is 1. The number of nitrogens with zero attached hydrogens (tertiary/aromatic N) is 1. The number of hydrogen-bond acceptors (Lipinski definition) is 5. The summed E-state index contributed by atoms with van der Waals surface area (Å²) >= 11 is 0. The van der Waals surface area contributed by atoms with Crippen molar-refractivity contribution in [3.05, 3.63) is 53.1 Å². The van der Waals surface area contributed by atoms with Gasteiger partial charge >= 0.3 is 6.03 Å². The summed E-state index contributed by atoms with van der Waals surface area (Å²) in [7, 11) is 4.65. The van der Waals surface area contributed by atoms with Gasteiger partial charge in [0.05, 0.1) is 45.1 Å². The molecule has 0 saturated heterocycles. The Kier molecular flexibility index (Phi) is 6.68. The van der Waals surface area contributed by atoms with E-state index < -0.39 is 0 Å². The fourth-order valence-corrected chi connectivity index (χ4v) is 2.36. The molecule has 2 amide bonds. The lowest BCUT2D eigenvalue weighted by Crippen LogP contribution is -2.34. The van der Waals surface area contributed by atoms with E-state index in [2.05, 4.69) is 16.7 Å². The topological polar surface area (TPSA) is 92.6 Å². The summed E-state index contributed by atoms with van der Waals surface area (Å²) in [5, 5.41) is 14.3. The van der Waals surface area contributed by atoms with E-state index in [0.29, 0.717) is 34.9 Å². The number of carbonyl (C=O) groups is 1. The van der Waals surface area contributed by atoms with Crippen LogP contribution in [0.25, 0.3) is 0 Å². The van der Waals surface area contributed by atoms with Crippen molar-refractivity contribution in [2.75, 3.05) is 21.3 Å². The highest BCUT2D eigenvalue weighted by Gasteiger charge is 2.14. The van der Waals surface area contributed by atoms with Crippen molar-refractivity contribution in [2.45, 2.75) is 13.1 Å². The average molecular weight is 355 g/mol. The van der Waals surface area contributed by atoms with E-state index in [1.165, 1.54) is 0 Å². The number of carbonyl (C=O) groups excluding carboxylic acids is 1. The minimum Gasteiger partial charge on any atom is -0.496 e. The first-order valence-electron chi connectivity index (χ1n) is 7.91. The third-order valence-corrected chi connectivity index (χ3v) is 3.78. The van der Waals surface area contributed by atoms with Crippen LogP contribution < -0.4 is 24.8 Å². The first-order chi connectivity index (χ1) is 12.6. The fourth-order valence-electron chi connectivity index (χ4n) is 2.36. The summed E-state index contributed by atoms with van der Waals surface area (Å²) < 4.78 is 15.9. The van der Waals surface area contributed by atoms with Gasteiger partial charge in [-0.1, -0.05) is 12.1 Å². The predicted octanol–water partition coefficient (Wildman–Crippen LogP) is 2.58. The van der Waals surface area contributed by atoms with Gasteiger partial charge in [0.1, 0.15) is 17.2 Å². The van der Waals surface area contributed by atoms with Crippen molar-refractivity contribution in [1.29, 1.82) is 5.26 Å². The van der Waals surface area contributed by atoms with Gasteiger partial charge in [-0.15, -0.1) is 0 Å². The smallest absolute Gasteiger partial charge is 0.315 e. The van der Waals surface area contributed by atoms with Crippen LogP contribution in [0.4, 0.5) is 4.79 Å². The molecule has 0 unspecified atom stereocenters. The van der Waals surface area contributed by atoms with Crippen molar-refractivity contribution in [2.24, 2.45) is 0 Å². The van der Waals surface area contributed by atoms with Crippen LogP contribution in [-0.4, -0.2) is 27.4 Å². The van der Waals surface area contributed by atoms with E-state index in [4.69, 9.17) is 19.5 Å². The molecular formula is C19H21N3O4. The van der Waals surface area contributed by atoms with Crippen molar-refractivity contribution in [3.63, 3.8) is 0 Å². The van der Waals surface area contributed by atoms with Crippen molar-refractivity contribution >= 4 is 6.03 Å². The van der Waals surface area contributed by atoms with Crippen LogP contribution in [-0.2, 0) is 13.1 Å². The predicted molar refractivity (Wildman–Crippen MR) is 96.3 cm³/mol. The zero-order valence-corrected chi connectivity index (χ0v) is 15.0. The number of nitrogens with one attached hydrogen (secondary N) is 2. The maximum Gasteiger partial charge on any atom is 0.315 e. The highest BCUT2D eigenvalue weighted by molar-refractivity contribution is 5.74. The maximum absolute atomic E-state index is 12.1. The largest absolute Gasteiger partial charge is 0.496 e. The Morgan fingerprint density at radius 1 is 0.962 bits per heavy atom. The normalized spacial score (nSPS) is 9.77. The minimum absolute atomic E-state index is 0.232. The molecule has 0 heterocycles. The molecule has 0 bridgehead atoms. The number of benzene rings is 2. The van der Waals surface area contributed by atoms with Gasteiger partial charge in [0.25, 0.3) is 0 Å². The van der Waals surface area contributed by atoms with Gasteiger partial charge in [-0.05, 0) is 17.7 Å². The van der Waals surface area contributed by atoms with Gasteiger partial charge in [-0.25, -0.2) is 4.79 Å². The van der Waals surface area contributed by atoms with E-state index in [0.717, 1.165) is 5.56 Å². The fraction of sp³-hybridized carbons (Fsp3) is 0.263. The summed E-state index contributed by atoms with van der Waals surface area (Å²) in [6.45, 7) is 0.587. The van der Waals surface area contributed by atoms with Gasteiger partial charge in [0.15, 0.2) is 0 Å². The van der Waals surface area contributed by atoms with E-state index in [1.54, 1.807) is 57.7 Å². The standard InChI is InChI=1S/C19H21N3O4/c1-24-15-8-17(25-2)16(18(9-15)26-3)12-22-19(23)21-11-14-6-4-13(10-20)5-7-14/h4-9H,11-12H2,1-3H3,(H2,21,22,23). The monoisotopic (exact) mass is 355 g/mol. The number of ether oxygens (including phenoxy) is 3. The molecule has 2 aromatic rings. The zero-order chi connectivity index (χ0) is 18.9. The first-order valence-corrected chi connectivity index (χ1v) is 7.91. The Balaban J connectivity index is 1.97. The van der Waals surface area contributed by atoms with Gasteiger partial charge in [0, 0.05) is 18.7 Å². The Hall–Kier alpha value is -3.40. The highest BCUT2D eigenvalue weighted by Crippen LogP contribution is 2.33. The minimum atomic E-state index is -0.325. The Bertz CT molecular complexity index is 772. The number of hydrogen-bond donors (Lipinski definition) is 2. The van der Waals surface area contributed by atoms with Crippen molar-refractivity contribution in [1.82, 2.24) is 10.6 Å². The molecule has 7 nitrogen and oxygen atoms in total. The number of methoxy groups -OCH3 is 3. The summed E-state index contributed by atoms with van der Waals surface area (Å²) in [6.07, 6.45) is 0. The molecule has 0 saturated carbocycles. The second-order valence-electron chi connectivity index (χ2n) is 5.36. The van der Waals surface area contributed by atoms with E-state index >= 15 is 0 Å². The molecule has 7 heteroatoms. The summed E-state index contributed by atoms with van der Waals surface area (Å²) in [4.78, 5) is 12.1. The molecule has 0 aromatic heterocycles. The summed E-state index contributed by atoms with van der Waals surface area (Å²) in [5.74, 6) is 1.73. The van der Waals surface area contributed by atoms with Crippen LogP contribution in [0.2, 0.25) is 0 Å². The number of nitriles is 1. The van der Waals surface area contributed by atoms with Crippen LogP contribution >= 0.6 is 0 Å². The first kappa shape index (κ1) is 18.9. The molecule has 26 heavy (non-hydrogen) atoms. The summed E-state index contributed by atoms with van der Waals surface area (Å²) in [5.41, 5.74) is 2.19. The van der Waals surface area contributed by atoms with E-state index in [1.807, 2.05) is 0 Å². The third-order valence-electron chi connectivity index (χ3n) is 3.78. The maximum atomic E-state index is 12.1. The van der Waals surface area contributed by atoms with Crippen LogP contribution in [0.5, 0.6) is 17.2 Å². The number of amides is 2. The van der Waals surface area contributed by atoms with Gasteiger partial charge in [-0.2, -0.15) is 5.26 Å². The van der Waals surface area contributed by atoms with Gasteiger partial charge in [-0.3, -0.25) is 0 Å². The van der Waals surface area contributed by atoms with Crippen LogP contribution in [0.15, 0.2) is 36.4 Å². The van der Waals surface area contributed by atoms with Crippen LogP contribution in [0, 0.1) is 11.3 Å². The molecular weight excluding hydrogens is 334 g/mol. The quantitative estimate of drug-likeness (QED) is 0.796. The van der Waals surface area contributed by atoms with Gasteiger partial charge < -0.3 is 24.8 Å². The molecule has 2 rings (SSSR count). The number of rotatable bonds is 7. The SMILES string of the molecule is COc1cc(OC)c(CNC(=O)NCc2ccc(C#N)cc2)c(OC)c1. The molecule has 0 aliphatic heterocycles. The van der Waals surface area contributed by atoms with E-state index in [9.17, 15) is 4.79 Å². The van der Waals surface area contributed by atoms with Crippen molar-refractivity contribution in [3.8, 4) is 23.3 Å². The average Bonchev–Trinajstić information content (AvgIpc) is 2.70. The molecule has 0 spiro atoms. The van der Waals surface area contributed by atoms with Crippen LogP contribution in [0.3, 0.4) is 0 Å². The van der Waals surface area contributed by atoms with E-state index in [-0.39, 0.29) is 12.6 Å². The van der Waals surface area contributed by atoms with Gasteiger partial charge in [0.2, 0.25) is 0 Å². The summed E-state index contributed by atoms with van der Waals surface area (Å²) in [6, 6.07) is 12.2. The molecule has 0 atom stereocenters. The Morgan fingerprint density at radius 3 is 2.04 bits per heavy atom. The second-order valence-corrected chi connectivity index (χ2v) is 5.36. The molecule has 0 radical (unpaired) electrons.